The van der Waals surface area contributed by atoms with Gasteiger partial charge in [0.25, 0.3) is 5.91 Å². The van der Waals surface area contributed by atoms with Gasteiger partial charge >= 0.3 is 5.69 Å². The lowest BCUT2D eigenvalue weighted by Gasteiger charge is -2.11. The van der Waals surface area contributed by atoms with Gasteiger partial charge in [0.1, 0.15) is 11.3 Å². The largest absolute Gasteiger partial charge is 0.352 e. The number of hydrogen-bond acceptors (Lipinski definition) is 5. The van der Waals surface area contributed by atoms with Gasteiger partial charge in [-0.3, -0.25) is 20.8 Å². The van der Waals surface area contributed by atoms with Gasteiger partial charge < -0.3 is 10.7 Å². The number of nitrogen functional groups attached to an aromatic ring is 1. The highest BCUT2D eigenvalue weighted by molar-refractivity contribution is 6.00. The molecule has 0 aliphatic carbocycles. The minimum absolute atomic E-state index is 0.00348. The van der Waals surface area contributed by atoms with Crippen molar-refractivity contribution in [2.45, 2.75) is 20.3 Å². The fraction of sp³-hybridized carbons (Fsp3) is 0.417. The van der Waals surface area contributed by atoms with Gasteiger partial charge in [-0.15, -0.1) is 0 Å². The number of carbonyl (C=O) groups excluding carboxylic acids is 1. The highest BCUT2D eigenvalue weighted by atomic mass is 16.6. The summed E-state index contributed by atoms with van der Waals surface area (Å²) in [7, 11) is 0. The first-order valence-electron chi connectivity index (χ1n) is 6.03. The van der Waals surface area contributed by atoms with Crippen LogP contribution in [0.25, 0.3) is 0 Å². The number of amides is 1. The lowest BCUT2D eigenvalue weighted by atomic mass is 10.1. The van der Waals surface area contributed by atoms with E-state index < -0.39 is 10.8 Å². The second-order valence-electron chi connectivity index (χ2n) is 4.33. The van der Waals surface area contributed by atoms with Crippen LogP contribution in [-0.4, -0.2) is 17.4 Å². The second kappa shape index (κ2) is 6.69. The van der Waals surface area contributed by atoms with Crippen LogP contribution < -0.4 is 16.6 Å². The van der Waals surface area contributed by atoms with Gasteiger partial charge in [0.05, 0.1) is 4.92 Å². The molecule has 1 aromatic carbocycles. The highest BCUT2D eigenvalue weighted by Crippen LogP contribution is 2.27. The molecule has 7 heteroatoms. The molecule has 1 rings (SSSR count). The molecule has 1 unspecified atom stereocenters. The van der Waals surface area contributed by atoms with Crippen molar-refractivity contribution in [3.8, 4) is 0 Å². The van der Waals surface area contributed by atoms with Crippen molar-refractivity contribution in [3.05, 3.63) is 33.9 Å². The van der Waals surface area contributed by atoms with E-state index in [2.05, 4.69) is 10.7 Å². The van der Waals surface area contributed by atoms with E-state index in [0.29, 0.717) is 12.5 Å². The first-order chi connectivity index (χ1) is 9.01. The predicted octanol–water partition coefficient (Wildman–Crippen LogP) is 1.66. The van der Waals surface area contributed by atoms with E-state index >= 15 is 0 Å². The van der Waals surface area contributed by atoms with Crippen LogP contribution in [0, 0.1) is 16.0 Å². The molecule has 1 aromatic rings. The summed E-state index contributed by atoms with van der Waals surface area (Å²) in [5.74, 6) is 5.06. The Kier molecular flexibility index (Phi) is 5.25. The van der Waals surface area contributed by atoms with Crippen molar-refractivity contribution >= 4 is 17.3 Å². The maximum atomic E-state index is 12.0. The fourth-order valence-corrected chi connectivity index (χ4v) is 1.55. The molecule has 0 fully saturated rings. The van der Waals surface area contributed by atoms with Crippen molar-refractivity contribution in [2.24, 2.45) is 11.8 Å². The molecule has 0 radical (unpaired) electrons. The summed E-state index contributed by atoms with van der Waals surface area (Å²) in [5, 5.41) is 13.7. The third-order valence-electron chi connectivity index (χ3n) is 2.93. The number of hydrogen-bond donors (Lipinski definition) is 3. The summed E-state index contributed by atoms with van der Waals surface area (Å²) >= 11 is 0. The summed E-state index contributed by atoms with van der Waals surface area (Å²) in [6, 6.07) is 4.40. The molecule has 0 heterocycles. The van der Waals surface area contributed by atoms with Crippen molar-refractivity contribution in [1.29, 1.82) is 0 Å². The maximum absolute atomic E-state index is 12.0. The summed E-state index contributed by atoms with van der Waals surface area (Å²) < 4.78 is 0. The first-order valence-corrected chi connectivity index (χ1v) is 6.03. The minimum Gasteiger partial charge on any atom is -0.352 e. The molecule has 7 nitrogen and oxygen atoms in total. The van der Waals surface area contributed by atoms with E-state index in [1.807, 2.05) is 13.8 Å². The highest BCUT2D eigenvalue weighted by Gasteiger charge is 2.24. The Balaban J connectivity index is 2.99. The van der Waals surface area contributed by atoms with Crippen LogP contribution >= 0.6 is 0 Å². The predicted molar refractivity (Wildman–Crippen MR) is 72.7 cm³/mol. The first kappa shape index (κ1) is 14.9. The van der Waals surface area contributed by atoms with Crippen molar-refractivity contribution < 1.29 is 9.72 Å². The quantitative estimate of drug-likeness (QED) is 0.412. The van der Waals surface area contributed by atoms with Crippen LogP contribution in [0.2, 0.25) is 0 Å². The number of nitrogens with one attached hydrogen (secondary N) is 2. The third-order valence-corrected chi connectivity index (χ3v) is 2.93. The fourth-order valence-electron chi connectivity index (χ4n) is 1.55. The average Bonchev–Trinajstić information content (AvgIpc) is 2.42. The maximum Gasteiger partial charge on any atom is 0.306 e. The SMILES string of the molecule is CCC(C)CNC(=O)c1cccc(NN)c1[N+](=O)[O-]. The molecule has 0 aromatic heterocycles. The standard InChI is InChI=1S/C12H18N4O3/c1-3-8(2)7-14-12(17)9-5-4-6-10(15-13)11(9)16(18)19/h4-6,8,15H,3,7,13H2,1-2H3,(H,14,17). The zero-order valence-corrected chi connectivity index (χ0v) is 11.0. The Morgan fingerprint density at radius 2 is 2.21 bits per heavy atom. The van der Waals surface area contributed by atoms with Gasteiger partial charge in [-0.05, 0) is 18.1 Å². The van der Waals surface area contributed by atoms with Crippen LogP contribution in [0.1, 0.15) is 30.6 Å². The molecule has 1 atom stereocenters. The van der Waals surface area contributed by atoms with Gasteiger partial charge in [-0.25, -0.2) is 0 Å². The number of hydrazine groups is 1. The molecule has 0 bridgehead atoms. The number of nitro groups is 1. The van der Waals surface area contributed by atoms with E-state index in [1.165, 1.54) is 12.1 Å². The van der Waals surface area contributed by atoms with Gasteiger partial charge in [0.15, 0.2) is 0 Å². The van der Waals surface area contributed by atoms with E-state index in [4.69, 9.17) is 5.84 Å². The third kappa shape index (κ3) is 3.65. The number of nitrogens with two attached hydrogens (primary N) is 1. The molecule has 0 aliphatic rings. The molecular formula is C12H18N4O3. The molecule has 0 saturated carbocycles. The Morgan fingerprint density at radius 3 is 2.74 bits per heavy atom. The molecule has 104 valence electrons. The summed E-state index contributed by atoms with van der Waals surface area (Å²) in [6.07, 6.45) is 0.923. The number of benzene rings is 1. The number of rotatable bonds is 6. The van der Waals surface area contributed by atoms with Crippen LogP contribution in [0.5, 0.6) is 0 Å². The minimum atomic E-state index is -0.618. The normalized spacial score (nSPS) is 11.7. The molecular weight excluding hydrogens is 248 g/mol. The molecule has 4 N–H and O–H groups in total. The smallest absolute Gasteiger partial charge is 0.306 e. The summed E-state index contributed by atoms with van der Waals surface area (Å²) in [5.41, 5.74) is 2.03. The van der Waals surface area contributed by atoms with Crippen LogP contribution in [0.4, 0.5) is 11.4 Å². The summed E-state index contributed by atoms with van der Waals surface area (Å²) in [4.78, 5) is 22.4. The van der Waals surface area contributed by atoms with Gasteiger partial charge in [-0.2, -0.15) is 0 Å². The van der Waals surface area contributed by atoms with E-state index in [9.17, 15) is 14.9 Å². The number of carbonyl (C=O) groups is 1. The second-order valence-corrected chi connectivity index (χ2v) is 4.33. The lowest BCUT2D eigenvalue weighted by Crippen LogP contribution is -2.29. The van der Waals surface area contributed by atoms with Crippen molar-refractivity contribution in [1.82, 2.24) is 5.32 Å². The Morgan fingerprint density at radius 1 is 1.53 bits per heavy atom. The molecule has 0 spiro atoms. The zero-order chi connectivity index (χ0) is 14.4. The molecule has 0 aliphatic heterocycles. The van der Waals surface area contributed by atoms with Gasteiger partial charge in [0.2, 0.25) is 0 Å². The molecule has 1 amide bonds. The van der Waals surface area contributed by atoms with Crippen LogP contribution in [0.15, 0.2) is 18.2 Å². The topological polar surface area (TPSA) is 110 Å². The van der Waals surface area contributed by atoms with Crippen LogP contribution in [0.3, 0.4) is 0 Å². The zero-order valence-electron chi connectivity index (χ0n) is 11.0. The number of para-hydroxylation sites is 1. The Labute approximate surface area is 111 Å². The van der Waals surface area contributed by atoms with Crippen molar-refractivity contribution in [3.63, 3.8) is 0 Å². The van der Waals surface area contributed by atoms with E-state index in [-0.39, 0.29) is 16.9 Å². The monoisotopic (exact) mass is 266 g/mol. The lowest BCUT2D eigenvalue weighted by molar-refractivity contribution is -0.384. The average molecular weight is 266 g/mol. The van der Waals surface area contributed by atoms with E-state index in [0.717, 1.165) is 6.42 Å². The van der Waals surface area contributed by atoms with Crippen LogP contribution in [-0.2, 0) is 0 Å². The van der Waals surface area contributed by atoms with Gasteiger partial charge in [0, 0.05) is 6.54 Å². The number of nitro benzene ring substituents is 1. The van der Waals surface area contributed by atoms with E-state index in [1.54, 1.807) is 6.07 Å². The number of nitrogens with zero attached hydrogens (tertiary/aromatic N) is 1. The Hall–Kier alpha value is -2.15. The summed E-state index contributed by atoms with van der Waals surface area (Å²) in [6.45, 7) is 4.48. The van der Waals surface area contributed by atoms with Crippen molar-refractivity contribution in [2.75, 3.05) is 12.0 Å². The Bertz CT molecular complexity index is 476. The molecule has 19 heavy (non-hydrogen) atoms. The molecule has 0 saturated heterocycles. The van der Waals surface area contributed by atoms with Gasteiger partial charge in [-0.1, -0.05) is 26.3 Å². The number of anilines is 1.